The van der Waals surface area contributed by atoms with Crippen molar-refractivity contribution in [2.45, 2.75) is 50.9 Å². The number of piperidine rings is 1. The number of aliphatic hydroxyl groups is 2. The van der Waals surface area contributed by atoms with E-state index in [-0.39, 0.29) is 5.91 Å². The highest BCUT2D eigenvalue weighted by atomic mass is 16.3. The average Bonchev–Trinajstić information content (AvgIpc) is 2.68. The third-order valence-electron chi connectivity index (χ3n) is 4.11. The molecule has 0 saturated carbocycles. The third-order valence-corrected chi connectivity index (χ3v) is 4.11. The molecule has 0 aromatic carbocycles. The van der Waals surface area contributed by atoms with Crippen LogP contribution in [-0.4, -0.2) is 70.3 Å². The molecule has 5 nitrogen and oxygen atoms in total. The molecule has 1 amide bonds. The number of hydrogen-bond donors (Lipinski definition) is 2. The molecule has 0 aromatic heterocycles. The lowest BCUT2D eigenvalue weighted by molar-refractivity contribution is -0.136. The van der Waals surface area contributed by atoms with Crippen molar-refractivity contribution in [3.63, 3.8) is 0 Å². The van der Waals surface area contributed by atoms with Crippen molar-refractivity contribution in [3.8, 4) is 0 Å². The van der Waals surface area contributed by atoms with E-state index in [1.54, 1.807) is 0 Å². The number of aliphatic hydroxyl groups excluding tert-OH is 2. The van der Waals surface area contributed by atoms with Gasteiger partial charge in [-0.1, -0.05) is 6.92 Å². The maximum absolute atomic E-state index is 12.3. The number of amides is 1. The first-order valence-electron chi connectivity index (χ1n) is 6.99. The quantitative estimate of drug-likeness (QED) is 0.735. The van der Waals surface area contributed by atoms with Gasteiger partial charge in [-0.15, -0.1) is 0 Å². The topological polar surface area (TPSA) is 64.0 Å². The molecule has 0 aliphatic carbocycles. The minimum atomic E-state index is -0.707. The van der Waals surface area contributed by atoms with Gasteiger partial charge in [0.1, 0.15) is 0 Å². The number of carbonyl (C=O) groups is 1. The highest BCUT2D eigenvalue weighted by Gasteiger charge is 2.33. The first kappa shape index (κ1) is 13.8. The van der Waals surface area contributed by atoms with Crippen molar-refractivity contribution in [1.29, 1.82) is 0 Å². The summed E-state index contributed by atoms with van der Waals surface area (Å²) in [4.78, 5) is 16.1. The molecular weight excluding hydrogens is 232 g/mol. The van der Waals surface area contributed by atoms with Crippen LogP contribution in [0, 0.1) is 0 Å². The van der Waals surface area contributed by atoms with Gasteiger partial charge in [-0.2, -0.15) is 0 Å². The van der Waals surface area contributed by atoms with Gasteiger partial charge in [-0.3, -0.25) is 9.69 Å². The van der Waals surface area contributed by atoms with E-state index in [9.17, 15) is 15.0 Å². The zero-order valence-electron chi connectivity index (χ0n) is 11.1. The first-order valence-corrected chi connectivity index (χ1v) is 6.99. The minimum absolute atomic E-state index is 0.142. The van der Waals surface area contributed by atoms with Crippen LogP contribution in [0.3, 0.4) is 0 Å². The number of nitrogens with zero attached hydrogens (tertiary/aromatic N) is 2. The normalized spacial score (nSPS) is 33.9. The van der Waals surface area contributed by atoms with Gasteiger partial charge < -0.3 is 15.1 Å². The highest BCUT2D eigenvalue weighted by Crippen LogP contribution is 2.20. The van der Waals surface area contributed by atoms with Crippen LogP contribution in [0.1, 0.15) is 32.6 Å². The Morgan fingerprint density at radius 3 is 2.50 bits per heavy atom. The third kappa shape index (κ3) is 3.02. The maximum Gasteiger partial charge on any atom is 0.237 e. The van der Waals surface area contributed by atoms with Crippen LogP contribution < -0.4 is 0 Å². The largest absolute Gasteiger partial charge is 0.389 e. The fourth-order valence-corrected chi connectivity index (χ4v) is 3.01. The molecule has 2 aliphatic rings. The Hall–Kier alpha value is -0.650. The standard InChI is InChI=1S/C13H24N2O3/c1-2-10-5-3-4-6-15(10)13(18)9-14-7-11(16)12(17)8-14/h10-12,16-17H,2-9H2,1H3. The van der Waals surface area contributed by atoms with Crippen LogP contribution in [-0.2, 0) is 4.79 Å². The molecule has 3 unspecified atom stereocenters. The lowest BCUT2D eigenvalue weighted by Gasteiger charge is -2.36. The summed E-state index contributed by atoms with van der Waals surface area (Å²) in [6.45, 7) is 4.11. The van der Waals surface area contributed by atoms with Crippen molar-refractivity contribution in [2.24, 2.45) is 0 Å². The Balaban J connectivity index is 1.87. The van der Waals surface area contributed by atoms with Crippen molar-refractivity contribution in [1.82, 2.24) is 9.80 Å². The summed E-state index contributed by atoms with van der Waals surface area (Å²) < 4.78 is 0. The van der Waals surface area contributed by atoms with E-state index in [0.717, 1.165) is 25.8 Å². The number of hydrogen-bond acceptors (Lipinski definition) is 4. The maximum atomic E-state index is 12.3. The molecule has 2 saturated heterocycles. The zero-order valence-corrected chi connectivity index (χ0v) is 11.1. The second kappa shape index (κ2) is 5.99. The van der Waals surface area contributed by atoms with Crippen LogP contribution in [0.15, 0.2) is 0 Å². The molecule has 0 aromatic rings. The Morgan fingerprint density at radius 2 is 1.89 bits per heavy atom. The van der Waals surface area contributed by atoms with E-state index < -0.39 is 12.2 Å². The molecule has 0 radical (unpaired) electrons. The van der Waals surface area contributed by atoms with Gasteiger partial charge >= 0.3 is 0 Å². The van der Waals surface area contributed by atoms with Crippen LogP contribution >= 0.6 is 0 Å². The van der Waals surface area contributed by atoms with Crippen molar-refractivity contribution < 1.29 is 15.0 Å². The first-order chi connectivity index (χ1) is 8.61. The summed E-state index contributed by atoms with van der Waals surface area (Å²) in [5, 5.41) is 18.9. The predicted molar refractivity (Wildman–Crippen MR) is 68.1 cm³/mol. The lowest BCUT2D eigenvalue weighted by atomic mass is 10.00. The second-order valence-corrected chi connectivity index (χ2v) is 5.47. The lowest BCUT2D eigenvalue weighted by Crippen LogP contribution is -2.47. The van der Waals surface area contributed by atoms with Gasteiger partial charge in [0.15, 0.2) is 0 Å². The molecule has 2 fully saturated rings. The monoisotopic (exact) mass is 256 g/mol. The van der Waals surface area contributed by atoms with E-state index in [2.05, 4.69) is 6.92 Å². The highest BCUT2D eigenvalue weighted by molar-refractivity contribution is 5.78. The molecule has 2 heterocycles. The average molecular weight is 256 g/mol. The van der Waals surface area contributed by atoms with E-state index in [1.165, 1.54) is 6.42 Å². The minimum Gasteiger partial charge on any atom is -0.389 e. The summed E-state index contributed by atoms with van der Waals surface area (Å²) in [5.41, 5.74) is 0. The molecule has 2 N–H and O–H groups in total. The van der Waals surface area contributed by atoms with Gasteiger partial charge in [0, 0.05) is 25.7 Å². The second-order valence-electron chi connectivity index (χ2n) is 5.47. The van der Waals surface area contributed by atoms with Gasteiger partial charge in [-0.05, 0) is 25.7 Å². The molecule has 0 bridgehead atoms. The SMILES string of the molecule is CCC1CCCCN1C(=O)CN1CC(O)C(O)C1. The summed E-state index contributed by atoms with van der Waals surface area (Å²) >= 11 is 0. The smallest absolute Gasteiger partial charge is 0.237 e. The van der Waals surface area contributed by atoms with E-state index in [4.69, 9.17) is 0 Å². The van der Waals surface area contributed by atoms with Gasteiger partial charge in [0.2, 0.25) is 5.91 Å². The van der Waals surface area contributed by atoms with Crippen molar-refractivity contribution in [2.75, 3.05) is 26.2 Å². The predicted octanol–water partition coefficient (Wildman–Crippen LogP) is -0.185. The van der Waals surface area contributed by atoms with E-state index in [0.29, 0.717) is 25.7 Å². The Kier molecular flexibility index (Phi) is 4.59. The molecule has 0 spiro atoms. The number of likely N-dealkylation sites (tertiary alicyclic amines) is 2. The molecule has 3 atom stereocenters. The van der Waals surface area contributed by atoms with Crippen LogP contribution in [0.4, 0.5) is 0 Å². The summed E-state index contributed by atoms with van der Waals surface area (Å²) in [6, 6.07) is 0.378. The van der Waals surface area contributed by atoms with E-state index in [1.807, 2.05) is 9.80 Å². The number of carbonyl (C=O) groups excluding carboxylic acids is 1. The summed E-state index contributed by atoms with van der Waals surface area (Å²) in [5.74, 6) is 0.142. The number of β-amino-alcohol motifs (C(OH)–C–C–N with tert-alkyl or cyclic N) is 2. The molecule has 2 aliphatic heterocycles. The molecule has 2 rings (SSSR count). The molecule has 5 heteroatoms. The van der Waals surface area contributed by atoms with Crippen LogP contribution in [0.25, 0.3) is 0 Å². The fourth-order valence-electron chi connectivity index (χ4n) is 3.01. The summed E-state index contributed by atoms with van der Waals surface area (Å²) in [6.07, 6.45) is 3.00. The fraction of sp³-hybridized carbons (Fsp3) is 0.923. The Bertz CT molecular complexity index is 288. The molecule has 18 heavy (non-hydrogen) atoms. The van der Waals surface area contributed by atoms with Crippen molar-refractivity contribution >= 4 is 5.91 Å². The number of rotatable bonds is 3. The molecular formula is C13H24N2O3. The van der Waals surface area contributed by atoms with Gasteiger partial charge in [-0.25, -0.2) is 0 Å². The Morgan fingerprint density at radius 1 is 1.22 bits per heavy atom. The summed E-state index contributed by atoms with van der Waals surface area (Å²) in [7, 11) is 0. The zero-order chi connectivity index (χ0) is 13.1. The van der Waals surface area contributed by atoms with Gasteiger partial charge in [0.05, 0.1) is 18.8 Å². The molecule has 104 valence electrons. The van der Waals surface area contributed by atoms with Crippen LogP contribution in [0.2, 0.25) is 0 Å². The Labute approximate surface area is 108 Å². The van der Waals surface area contributed by atoms with Crippen molar-refractivity contribution in [3.05, 3.63) is 0 Å². The van der Waals surface area contributed by atoms with Gasteiger partial charge in [0.25, 0.3) is 0 Å². The van der Waals surface area contributed by atoms with E-state index >= 15 is 0 Å². The van der Waals surface area contributed by atoms with Crippen LogP contribution in [0.5, 0.6) is 0 Å².